The summed E-state index contributed by atoms with van der Waals surface area (Å²) in [6, 6.07) is 19.5. The topological polar surface area (TPSA) is 54.3 Å². The normalized spacial score (nSPS) is 18.4. The number of rotatable bonds is 6. The molecule has 0 spiro atoms. The van der Waals surface area contributed by atoms with Gasteiger partial charge in [0.2, 0.25) is 0 Å². The third-order valence-corrected chi connectivity index (χ3v) is 6.72. The number of furan rings is 1. The first-order chi connectivity index (χ1) is 15.5. The lowest BCUT2D eigenvalue weighted by Crippen LogP contribution is -2.30. The molecule has 2 atom stereocenters. The number of nitrogens with one attached hydrogen (secondary N) is 2. The van der Waals surface area contributed by atoms with Crippen LogP contribution in [-0.2, 0) is 6.54 Å². The second-order valence-corrected chi connectivity index (χ2v) is 9.44. The summed E-state index contributed by atoms with van der Waals surface area (Å²) in [7, 11) is 0. The molecule has 2 N–H and O–H groups in total. The number of benzene rings is 3. The lowest BCUT2D eigenvalue weighted by molar-refractivity contribution is 0.0947. The van der Waals surface area contributed by atoms with Crippen molar-refractivity contribution >= 4 is 50.9 Å². The Labute approximate surface area is 196 Å². The Morgan fingerprint density at radius 2 is 1.66 bits per heavy atom. The number of hydrogen-bond acceptors (Lipinski definition) is 3. The van der Waals surface area contributed by atoms with Crippen LogP contribution < -0.4 is 10.6 Å². The summed E-state index contributed by atoms with van der Waals surface area (Å²) in [6.45, 7) is 1.38. The fraction of sp³-hybridized carbons (Fsp3) is 0.269. The zero-order valence-corrected chi connectivity index (χ0v) is 19.0. The minimum absolute atomic E-state index is 0.0285. The molecule has 3 aromatic carbocycles. The van der Waals surface area contributed by atoms with E-state index in [4.69, 9.17) is 27.6 Å². The average molecular weight is 467 g/mol. The zero-order chi connectivity index (χ0) is 22.1. The number of carbonyl (C=O) groups is 1. The van der Waals surface area contributed by atoms with Crippen molar-refractivity contribution in [2.75, 3.05) is 6.54 Å². The van der Waals surface area contributed by atoms with E-state index < -0.39 is 0 Å². The minimum atomic E-state index is -0.0285. The van der Waals surface area contributed by atoms with E-state index in [1.165, 1.54) is 0 Å². The van der Waals surface area contributed by atoms with E-state index in [0.717, 1.165) is 46.8 Å². The first-order valence-electron chi connectivity index (χ1n) is 10.9. The molecule has 1 aliphatic rings. The second kappa shape index (κ2) is 9.14. The van der Waals surface area contributed by atoms with Crippen molar-refractivity contribution in [1.82, 2.24) is 10.6 Å². The molecule has 0 saturated heterocycles. The van der Waals surface area contributed by atoms with Gasteiger partial charge in [0.15, 0.2) is 0 Å². The summed E-state index contributed by atoms with van der Waals surface area (Å²) >= 11 is 12.1. The van der Waals surface area contributed by atoms with Crippen LogP contribution in [0.2, 0.25) is 10.0 Å². The van der Waals surface area contributed by atoms with Crippen LogP contribution in [0.15, 0.2) is 65.1 Å². The van der Waals surface area contributed by atoms with Gasteiger partial charge in [0.05, 0.1) is 6.54 Å². The average Bonchev–Trinajstić information content (AvgIpc) is 3.41. The van der Waals surface area contributed by atoms with Crippen molar-refractivity contribution in [3.63, 3.8) is 0 Å². The van der Waals surface area contributed by atoms with Crippen molar-refractivity contribution in [2.24, 2.45) is 5.92 Å². The summed E-state index contributed by atoms with van der Waals surface area (Å²) < 4.78 is 5.89. The highest BCUT2D eigenvalue weighted by Gasteiger charge is 2.25. The van der Waals surface area contributed by atoms with E-state index in [9.17, 15) is 4.79 Å². The highest BCUT2D eigenvalue weighted by molar-refractivity contribution is 6.31. The largest absolute Gasteiger partial charge is 0.460 e. The van der Waals surface area contributed by atoms with Crippen molar-refractivity contribution in [3.05, 3.63) is 82.0 Å². The molecule has 0 aliphatic heterocycles. The van der Waals surface area contributed by atoms with Crippen LogP contribution in [0.3, 0.4) is 0 Å². The van der Waals surface area contributed by atoms with Gasteiger partial charge in [0, 0.05) is 33.6 Å². The number of carbonyl (C=O) groups excluding carboxylic acids is 1. The lowest BCUT2D eigenvalue weighted by atomic mass is 10.1. The zero-order valence-electron chi connectivity index (χ0n) is 17.5. The van der Waals surface area contributed by atoms with Gasteiger partial charge in [-0.2, -0.15) is 0 Å². The van der Waals surface area contributed by atoms with Gasteiger partial charge in [-0.25, -0.2) is 0 Å². The van der Waals surface area contributed by atoms with Gasteiger partial charge in [-0.3, -0.25) is 4.79 Å². The highest BCUT2D eigenvalue weighted by Crippen LogP contribution is 2.27. The fourth-order valence-corrected chi connectivity index (χ4v) is 4.91. The first-order valence-corrected chi connectivity index (χ1v) is 11.7. The SMILES string of the molecule is O=C(NCC1CCC(NCc2cc3cc(Cl)ccc3o2)C1)c1ccc2cc(Cl)ccc2c1. The monoisotopic (exact) mass is 466 g/mol. The maximum Gasteiger partial charge on any atom is 0.251 e. The van der Waals surface area contributed by atoms with Crippen LogP contribution >= 0.6 is 23.2 Å². The Bertz CT molecular complexity index is 1280. The molecule has 0 bridgehead atoms. The van der Waals surface area contributed by atoms with Crippen LogP contribution in [0.1, 0.15) is 35.4 Å². The number of halogens is 2. The molecule has 1 aromatic heterocycles. The number of fused-ring (bicyclic) bond motifs is 2. The Kier molecular flexibility index (Phi) is 6.09. The van der Waals surface area contributed by atoms with Crippen molar-refractivity contribution in [2.45, 2.75) is 31.8 Å². The molecule has 32 heavy (non-hydrogen) atoms. The van der Waals surface area contributed by atoms with E-state index >= 15 is 0 Å². The van der Waals surface area contributed by atoms with Gasteiger partial charge >= 0.3 is 0 Å². The Balaban J connectivity index is 1.11. The minimum Gasteiger partial charge on any atom is -0.460 e. The van der Waals surface area contributed by atoms with Crippen LogP contribution in [0.5, 0.6) is 0 Å². The van der Waals surface area contributed by atoms with Crippen molar-refractivity contribution in [1.29, 1.82) is 0 Å². The Hall–Kier alpha value is -2.53. The molecule has 5 rings (SSSR count). The summed E-state index contributed by atoms with van der Waals surface area (Å²) in [5.41, 5.74) is 1.53. The van der Waals surface area contributed by atoms with Gasteiger partial charge in [0.25, 0.3) is 5.91 Å². The summed E-state index contributed by atoms with van der Waals surface area (Å²) in [5.74, 6) is 1.36. The number of hydrogen-bond donors (Lipinski definition) is 2. The molecule has 0 radical (unpaired) electrons. The molecule has 1 fully saturated rings. The molecule has 1 heterocycles. The summed E-state index contributed by atoms with van der Waals surface area (Å²) in [4.78, 5) is 12.6. The molecule has 1 aliphatic carbocycles. The lowest BCUT2D eigenvalue weighted by Gasteiger charge is -2.13. The number of amides is 1. The van der Waals surface area contributed by atoms with Gasteiger partial charge in [-0.15, -0.1) is 0 Å². The van der Waals surface area contributed by atoms with E-state index in [1.807, 2.05) is 60.7 Å². The van der Waals surface area contributed by atoms with Crippen LogP contribution in [0.25, 0.3) is 21.7 Å². The molecule has 1 amide bonds. The van der Waals surface area contributed by atoms with E-state index in [-0.39, 0.29) is 5.91 Å². The third kappa shape index (κ3) is 4.78. The van der Waals surface area contributed by atoms with E-state index in [2.05, 4.69) is 10.6 Å². The highest BCUT2D eigenvalue weighted by atomic mass is 35.5. The van der Waals surface area contributed by atoms with Crippen LogP contribution in [-0.4, -0.2) is 18.5 Å². The fourth-order valence-electron chi connectivity index (χ4n) is 4.54. The van der Waals surface area contributed by atoms with Gasteiger partial charge in [-0.05, 0) is 84.5 Å². The molecule has 1 saturated carbocycles. The predicted molar refractivity (Wildman–Crippen MR) is 130 cm³/mol. The van der Waals surface area contributed by atoms with Crippen LogP contribution in [0, 0.1) is 5.92 Å². The Morgan fingerprint density at radius 1 is 0.906 bits per heavy atom. The van der Waals surface area contributed by atoms with Crippen molar-refractivity contribution < 1.29 is 9.21 Å². The maximum absolute atomic E-state index is 12.6. The van der Waals surface area contributed by atoms with Gasteiger partial charge in [0.1, 0.15) is 11.3 Å². The summed E-state index contributed by atoms with van der Waals surface area (Å²) in [5, 5.41) is 11.2. The van der Waals surface area contributed by atoms with E-state index in [0.29, 0.717) is 40.7 Å². The molecule has 4 aromatic rings. The molecule has 6 heteroatoms. The molecule has 4 nitrogen and oxygen atoms in total. The molecule has 2 unspecified atom stereocenters. The standard InChI is InChI=1S/C26H24Cl2N2O2/c27-21-5-4-17-10-19(3-2-18(17)11-21)26(31)30-14-16-1-7-23(9-16)29-15-24-13-20-12-22(28)6-8-25(20)32-24/h2-6,8,10-13,16,23,29H,1,7,9,14-15H2,(H,30,31). The van der Waals surface area contributed by atoms with Crippen LogP contribution in [0.4, 0.5) is 0 Å². The third-order valence-electron chi connectivity index (χ3n) is 6.25. The van der Waals surface area contributed by atoms with Gasteiger partial charge in [-0.1, -0.05) is 35.3 Å². The first kappa shape index (κ1) is 21.3. The smallest absolute Gasteiger partial charge is 0.251 e. The maximum atomic E-state index is 12.6. The van der Waals surface area contributed by atoms with Gasteiger partial charge < -0.3 is 15.1 Å². The molecular formula is C26H24Cl2N2O2. The van der Waals surface area contributed by atoms with Crippen molar-refractivity contribution in [3.8, 4) is 0 Å². The quantitative estimate of drug-likeness (QED) is 0.337. The summed E-state index contributed by atoms with van der Waals surface area (Å²) in [6.07, 6.45) is 3.25. The van der Waals surface area contributed by atoms with E-state index in [1.54, 1.807) is 0 Å². The molecule has 164 valence electrons. The molecular weight excluding hydrogens is 443 g/mol. The Morgan fingerprint density at radius 3 is 2.53 bits per heavy atom. The second-order valence-electron chi connectivity index (χ2n) is 8.57. The predicted octanol–water partition coefficient (Wildman–Crippen LogP) is 6.58.